The minimum Gasteiger partial charge on any atom is -0.537 e. The Morgan fingerprint density at radius 3 is 2.50 bits per heavy atom. The number of pyridine rings is 1. The van der Waals surface area contributed by atoms with Crippen LogP contribution in [0.25, 0.3) is 0 Å². The highest BCUT2D eigenvalue weighted by Crippen LogP contribution is 2.11. The lowest BCUT2D eigenvalue weighted by atomic mass is 10.2. The zero-order valence-corrected chi connectivity index (χ0v) is 11.9. The van der Waals surface area contributed by atoms with E-state index in [9.17, 15) is 0 Å². The zero-order valence-electron chi connectivity index (χ0n) is 10.3. The maximum Gasteiger partial charge on any atom is 0.569 e. The van der Waals surface area contributed by atoms with Gasteiger partial charge in [-0.2, -0.15) is 0 Å². The first-order valence-electron chi connectivity index (χ1n) is 5.40. The molecule has 1 aromatic heterocycles. The molecule has 0 spiro atoms. The average Bonchev–Trinajstić information content (AvgIpc) is 2.34. The van der Waals surface area contributed by atoms with Crippen LogP contribution in [-0.2, 0) is 0 Å². The molecule has 0 amide bonds. The van der Waals surface area contributed by atoms with Gasteiger partial charge in [-0.15, -0.1) is 0 Å². The van der Waals surface area contributed by atoms with Crippen LogP contribution in [0.5, 0.6) is 5.75 Å². The maximum atomic E-state index is 8.26. The summed E-state index contributed by atoms with van der Waals surface area (Å²) in [4.78, 5) is 4.00. The molecule has 0 saturated heterocycles. The Balaban J connectivity index is 0.000000184. The minimum atomic E-state index is 0.655. The Morgan fingerprint density at radius 2 is 2.00 bits per heavy atom. The van der Waals surface area contributed by atoms with Gasteiger partial charge in [0.1, 0.15) is 10.4 Å². The quantitative estimate of drug-likeness (QED) is 0.685. The summed E-state index contributed by atoms with van der Waals surface area (Å²) in [6.45, 7) is 3.97. The van der Waals surface area contributed by atoms with E-state index >= 15 is 0 Å². The van der Waals surface area contributed by atoms with Crippen LogP contribution in [0, 0.1) is 13.8 Å². The first-order chi connectivity index (χ1) is 8.63. The molecule has 1 heterocycles. The van der Waals surface area contributed by atoms with Crippen LogP contribution in [0.1, 0.15) is 11.1 Å². The first-order valence-corrected chi connectivity index (χ1v) is 6.19. The van der Waals surface area contributed by atoms with Crippen molar-refractivity contribution in [1.29, 1.82) is 0 Å². The van der Waals surface area contributed by atoms with Gasteiger partial charge >= 0.3 is 7.69 Å². The van der Waals surface area contributed by atoms with E-state index < -0.39 is 0 Å². The lowest BCUT2D eigenvalue weighted by molar-refractivity contribution is 0.453. The van der Waals surface area contributed by atoms with Gasteiger partial charge in [-0.1, -0.05) is 18.2 Å². The second-order valence-electron chi connectivity index (χ2n) is 3.65. The Morgan fingerprint density at radius 1 is 1.22 bits per heavy atom. The molecule has 2 rings (SSSR count). The summed E-state index contributed by atoms with van der Waals surface area (Å²) in [6, 6.07) is 11.4. The van der Waals surface area contributed by atoms with E-state index in [-0.39, 0.29) is 0 Å². The van der Waals surface area contributed by atoms with Crippen LogP contribution >= 0.6 is 15.9 Å². The van der Waals surface area contributed by atoms with E-state index in [4.69, 9.17) is 9.68 Å². The molecular formula is C13H14BBrNO2. The van der Waals surface area contributed by atoms with Crippen molar-refractivity contribution >= 4 is 23.6 Å². The molecule has 5 heteroatoms. The number of hydrogen-bond acceptors (Lipinski definition) is 3. The Hall–Kier alpha value is -1.33. The number of rotatable bonds is 2. The molecule has 3 nitrogen and oxygen atoms in total. The summed E-state index contributed by atoms with van der Waals surface area (Å²) in [5, 5.41) is 8.26. The van der Waals surface area contributed by atoms with Gasteiger partial charge in [-0.05, 0) is 59.1 Å². The van der Waals surface area contributed by atoms with Crippen molar-refractivity contribution in [3.63, 3.8) is 0 Å². The highest BCUT2D eigenvalue weighted by Gasteiger charge is 1.92. The van der Waals surface area contributed by atoms with Gasteiger partial charge < -0.3 is 9.68 Å². The summed E-state index contributed by atoms with van der Waals surface area (Å²) in [5.41, 5.74) is 2.28. The molecule has 0 saturated carbocycles. The van der Waals surface area contributed by atoms with Crippen LogP contribution in [0.3, 0.4) is 0 Å². The average molecular weight is 307 g/mol. The molecule has 0 aliphatic carbocycles. The van der Waals surface area contributed by atoms with Gasteiger partial charge in [0.2, 0.25) is 0 Å². The lowest BCUT2D eigenvalue weighted by Crippen LogP contribution is -1.99. The molecule has 0 unspecified atom stereocenters. The van der Waals surface area contributed by atoms with Crippen LogP contribution < -0.4 is 4.65 Å². The van der Waals surface area contributed by atoms with E-state index in [1.54, 1.807) is 12.3 Å². The van der Waals surface area contributed by atoms with Crippen molar-refractivity contribution < 1.29 is 9.68 Å². The predicted octanol–water partition coefficient (Wildman–Crippen LogP) is 3.05. The molecule has 18 heavy (non-hydrogen) atoms. The lowest BCUT2D eigenvalue weighted by Gasteiger charge is -2.00. The van der Waals surface area contributed by atoms with Gasteiger partial charge in [0.05, 0.1) is 0 Å². The van der Waals surface area contributed by atoms with Crippen molar-refractivity contribution in [3.8, 4) is 5.75 Å². The summed E-state index contributed by atoms with van der Waals surface area (Å²) in [5.74, 6) is 0.655. The molecule has 2 aromatic rings. The van der Waals surface area contributed by atoms with E-state index in [1.165, 1.54) is 5.56 Å². The smallest absolute Gasteiger partial charge is 0.537 e. The van der Waals surface area contributed by atoms with Gasteiger partial charge in [0, 0.05) is 6.20 Å². The minimum absolute atomic E-state index is 0.655. The second-order valence-corrected chi connectivity index (χ2v) is 4.40. The van der Waals surface area contributed by atoms with Gasteiger partial charge in [-0.3, -0.25) is 0 Å². The molecule has 0 atom stereocenters. The van der Waals surface area contributed by atoms with Gasteiger partial charge in [0.25, 0.3) is 0 Å². The molecule has 0 aliphatic heterocycles. The molecule has 1 radical (unpaired) electrons. The molecular weight excluding hydrogens is 293 g/mol. The summed E-state index contributed by atoms with van der Waals surface area (Å²) >= 11 is 3.28. The third-order valence-electron chi connectivity index (χ3n) is 2.12. The van der Waals surface area contributed by atoms with Crippen molar-refractivity contribution in [2.24, 2.45) is 0 Å². The SMILES string of the molecule is Cc1cccc(O[B]O)c1.Cc1cccnc1Br. The topological polar surface area (TPSA) is 42.4 Å². The van der Waals surface area contributed by atoms with Crippen LogP contribution in [-0.4, -0.2) is 17.7 Å². The van der Waals surface area contributed by atoms with Gasteiger partial charge in [-0.25, -0.2) is 4.98 Å². The summed E-state index contributed by atoms with van der Waals surface area (Å²) in [6.07, 6.45) is 1.76. The highest BCUT2D eigenvalue weighted by molar-refractivity contribution is 9.10. The van der Waals surface area contributed by atoms with Gasteiger partial charge in [0.15, 0.2) is 0 Å². The fourth-order valence-corrected chi connectivity index (χ4v) is 1.47. The molecule has 1 N–H and O–H groups in total. The van der Waals surface area contributed by atoms with Crippen LogP contribution in [0.4, 0.5) is 0 Å². The van der Waals surface area contributed by atoms with E-state index in [0.29, 0.717) is 13.4 Å². The third kappa shape index (κ3) is 5.34. The monoisotopic (exact) mass is 306 g/mol. The normalized spacial score (nSPS) is 9.11. The first kappa shape index (κ1) is 14.7. The Labute approximate surface area is 116 Å². The molecule has 0 bridgehead atoms. The summed E-state index contributed by atoms with van der Waals surface area (Å²) in [7, 11) is 0.675. The second kappa shape index (κ2) is 7.90. The number of aromatic nitrogens is 1. The third-order valence-corrected chi connectivity index (χ3v) is 2.95. The molecule has 93 valence electrons. The number of benzene rings is 1. The Kier molecular flexibility index (Phi) is 6.46. The zero-order chi connectivity index (χ0) is 13.4. The fraction of sp³-hybridized carbons (Fsp3) is 0.154. The van der Waals surface area contributed by atoms with E-state index in [1.807, 2.05) is 44.2 Å². The van der Waals surface area contributed by atoms with Crippen molar-refractivity contribution in [2.45, 2.75) is 13.8 Å². The fourth-order valence-electron chi connectivity index (χ4n) is 1.22. The molecule has 0 fully saturated rings. The number of nitrogens with zero attached hydrogens (tertiary/aromatic N) is 1. The van der Waals surface area contributed by atoms with E-state index in [0.717, 1.165) is 10.2 Å². The highest BCUT2D eigenvalue weighted by atomic mass is 79.9. The number of halogens is 1. The molecule has 0 aliphatic rings. The number of aryl methyl sites for hydroxylation is 2. The largest absolute Gasteiger partial charge is 0.569 e. The van der Waals surface area contributed by atoms with Crippen molar-refractivity contribution in [3.05, 3.63) is 58.3 Å². The van der Waals surface area contributed by atoms with Crippen LogP contribution in [0.15, 0.2) is 47.2 Å². The van der Waals surface area contributed by atoms with Crippen molar-refractivity contribution in [2.75, 3.05) is 0 Å². The van der Waals surface area contributed by atoms with Crippen LogP contribution in [0.2, 0.25) is 0 Å². The summed E-state index contributed by atoms with van der Waals surface area (Å²) < 4.78 is 5.65. The molecule has 1 aromatic carbocycles. The van der Waals surface area contributed by atoms with Crippen molar-refractivity contribution in [1.82, 2.24) is 4.98 Å². The standard InChI is InChI=1S/C7H8BO2.C6H6BrN/c1-6-3-2-4-7(5-6)10-8-9;1-5-3-2-4-8-6(5)7/h2-5,9H,1H3;2-4H,1H3. The predicted molar refractivity (Wildman–Crippen MR) is 76.5 cm³/mol. The Bertz CT molecular complexity index is 473. The number of hydrogen-bond donors (Lipinski definition) is 1. The van der Waals surface area contributed by atoms with E-state index in [2.05, 4.69) is 20.9 Å². The maximum absolute atomic E-state index is 8.26.